The molecule has 7 nitrogen and oxygen atoms in total. The van der Waals surface area contributed by atoms with Crippen molar-refractivity contribution >= 4 is 29.0 Å². The Bertz CT molecular complexity index is 912. The van der Waals surface area contributed by atoms with Crippen molar-refractivity contribution in [2.45, 2.75) is 25.5 Å². The Kier molecular flexibility index (Phi) is 5.69. The maximum absolute atomic E-state index is 12.7. The number of nitrogens with one attached hydrogen (secondary N) is 1. The van der Waals surface area contributed by atoms with Gasteiger partial charge in [0.2, 0.25) is 5.60 Å². The van der Waals surface area contributed by atoms with E-state index in [1.165, 1.54) is 0 Å². The average molecular weight is 415 g/mol. The van der Waals surface area contributed by atoms with Crippen LogP contribution in [-0.4, -0.2) is 48.5 Å². The minimum absolute atomic E-state index is 0.222. The van der Waals surface area contributed by atoms with E-state index in [1.807, 2.05) is 30.3 Å². The van der Waals surface area contributed by atoms with E-state index in [4.69, 9.17) is 21.2 Å². The maximum Gasteiger partial charge on any atom is 0.267 e. The first-order valence-electron chi connectivity index (χ1n) is 9.61. The number of nitrogens with zero attached hydrogens (tertiary/aromatic N) is 3. The first-order valence-corrected chi connectivity index (χ1v) is 9.99. The van der Waals surface area contributed by atoms with E-state index in [0.717, 1.165) is 43.2 Å². The van der Waals surface area contributed by atoms with E-state index in [1.54, 1.807) is 19.2 Å². The molecule has 1 aromatic carbocycles. The largest absolute Gasteiger partial charge is 0.379 e. The summed E-state index contributed by atoms with van der Waals surface area (Å²) < 4.78 is 5.36. The SMILES string of the molecule is C[C@@]1(C(=O)NCc2ccc(N3CCOCC3)nc2)CC(c2ccccc2Cl)=NO1. The lowest BCUT2D eigenvalue weighted by Crippen LogP contribution is -2.44. The fourth-order valence-corrected chi connectivity index (χ4v) is 3.62. The molecule has 2 aromatic rings. The normalized spacial score (nSPS) is 21.4. The number of morpholine rings is 1. The van der Waals surface area contributed by atoms with Gasteiger partial charge >= 0.3 is 0 Å². The zero-order valence-corrected chi connectivity index (χ0v) is 17.0. The minimum atomic E-state index is -1.06. The van der Waals surface area contributed by atoms with Crippen LogP contribution in [0.4, 0.5) is 5.82 Å². The van der Waals surface area contributed by atoms with Gasteiger partial charge in [0.25, 0.3) is 5.91 Å². The number of aromatic nitrogens is 1. The summed E-state index contributed by atoms with van der Waals surface area (Å²) >= 11 is 6.23. The molecule has 3 heterocycles. The second kappa shape index (κ2) is 8.39. The molecule has 4 rings (SSSR count). The zero-order chi connectivity index (χ0) is 20.3. The summed E-state index contributed by atoms with van der Waals surface area (Å²) in [5.41, 5.74) is 1.32. The third kappa shape index (κ3) is 4.36. The Morgan fingerprint density at radius 1 is 1.24 bits per heavy atom. The number of hydrogen-bond donors (Lipinski definition) is 1. The van der Waals surface area contributed by atoms with Crippen molar-refractivity contribution in [2.24, 2.45) is 5.16 Å². The van der Waals surface area contributed by atoms with Crippen LogP contribution in [0.3, 0.4) is 0 Å². The molecule has 8 heteroatoms. The van der Waals surface area contributed by atoms with Crippen molar-refractivity contribution in [3.05, 3.63) is 58.7 Å². The number of benzene rings is 1. The molecule has 2 aliphatic heterocycles. The van der Waals surface area contributed by atoms with Gasteiger partial charge in [0.1, 0.15) is 5.82 Å². The summed E-state index contributed by atoms with van der Waals surface area (Å²) in [5, 5.41) is 7.61. The van der Waals surface area contributed by atoms with Gasteiger partial charge in [-0.05, 0) is 24.6 Å². The Morgan fingerprint density at radius 2 is 2.03 bits per heavy atom. The molecule has 2 aliphatic rings. The van der Waals surface area contributed by atoms with Crippen LogP contribution < -0.4 is 10.2 Å². The van der Waals surface area contributed by atoms with Gasteiger partial charge in [-0.1, -0.05) is 41.0 Å². The van der Waals surface area contributed by atoms with Gasteiger partial charge in [-0.25, -0.2) is 4.98 Å². The Hall–Kier alpha value is -2.64. The van der Waals surface area contributed by atoms with Crippen LogP contribution in [0, 0.1) is 0 Å². The van der Waals surface area contributed by atoms with Gasteiger partial charge in [-0.3, -0.25) is 4.79 Å². The molecule has 1 N–H and O–H groups in total. The number of carbonyl (C=O) groups excluding carboxylic acids is 1. The summed E-state index contributed by atoms with van der Waals surface area (Å²) in [6.45, 7) is 5.22. The van der Waals surface area contributed by atoms with Crippen LogP contribution in [0.25, 0.3) is 0 Å². The predicted molar refractivity (Wildman–Crippen MR) is 111 cm³/mol. The number of amides is 1. The quantitative estimate of drug-likeness (QED) is 0.814. The summed E-state index contributed by atoms with van der Waals surface area (Å²) in [5.74, 6) is 0.702. The lowest BCUT2D eigenvalue weighted by Gasteiger charge is -2.27. The highest BCUT2D eigenvalue weighted by Gasteiger charge is 2.42. The standard InChI is InChI=1S/C21H23ClN4O3/c1-21(12-18(25-29-21)16-4-2-3-5-17(16)22)20(27)24-14-15-6-7-19(23-13-15)26-8-10-28-11-9-26/h2-7,13H,8-12,14H2,1H3,(H,24,27)/t21-/m0/s1. The number of halogens is 1. The molecule has 29 heavy (non-hydrogen) atoms. The smallest absolute Gasteiger partial charge is 0.267 e. The molecule has 0 aliphatic carbocycles. The topological polar surface area (TPSA) is 76.1 Å². The van der Waals surface area contributed by atoms with E-state index in [2.05, 4.69) is 20.4 Å². The fraction of sp³-hybridized carbons (Fsp3) is 0.381. The molecule has 152 valence electrons. The monoisotopic (exact) mass is 414 g/mol. The molecule has 0 bridgehead atoms. The van der Waals surface area contributed by atoms with Gasteiger partial charge < -0.3 is 19.8 Å². The molecule has 1 saturated heterocycles. The van der Waals surface area contributed by atoms with E-state index >= 15 is 0 Å². The lowest BCUT2D eigenvalue weighted by atomic mass is 9.95. The number of anilines is 1. The average Bonchev–Trinajstić information content (AvgIpc) is 3.16. The number of pyridine rings is 1. The molecule has 1 amide bonds. The van der Waals surface area contributed by atoms with Crippen molar-refractivity contribution in [1.82, 2.24) is 10.3 Å². The maximum atomic E-state index is 12.7. The van der Waals surface area contributed by atoms with Crippen molar-refractivity contribution in [2.75, 3.05) is 31.2 Å². The molecule has 1 aromatic heterocycles. The second-order valence-corrected chi connectivity index (χ2v) is 7.73. The van der Waals surface area contributed by atoms with Gasteiger partial charge in [0.15, 0.2) is 0 Å². The molecule has 0 spiro atoms. The van der Waals surface area contributed by atoms with Gasteiger partial charge in [0.05, 0.1) is 18.9 Å². The van der Waals surface area contributed by atoms with Crippen LogP contribution in [0.1, 0.15) is 24.5 Å². The van der Waals surface area contributed by atoms with Crippen LogP contribution in [-0.2, 0) is 20.9 Å². The number of oxime groups is 1. The molecule has 0 radical (unpaired) electrons. The summed E-state index contributed by atoms with van der Waals surface area (Å²) in [7, 11) is 0. The number of ether oxygens (including phenoxy) is 1. The molecular formula is C21H23ClN4O3. The molecule has 0 saturated carbocycles. The molecule has 1 atom stereocenters. The Labute approximate surface area is 174 Å². The van der Waals surface area contributed by atoms with E-state index < -0.39 is 5.60 Å². The number of carbonyl (C=O) groups is 1. The highest BCUT2D eigenvalue weighted by Crippen LogP contribution is 2.29. The van der Waals surface area contributed by atoms with E-state index in [9.17, 15) is 4.79 Å². The van der Waals surface area contributed by atoms with Crippen LogP contribution in [0.15, 0.2) is 47.8 Å². The summed E-state index contributed by atoms with van der Waals surface area (Å²) in [6.07, 6.45) is 2.14. The third-order valence-electron chi connectivity index (χ3n) is 5.12. The molecular weight excluding hydrogens is 392 g/mol. The number of hydrogen-bond acceptors (Lipinski definition) is 6. The Balaban J connectivity index is 1.33. The third-order valence-corrected chi connectivity index (χ3v) is 5.45. The van der Waals surface area contributed by atoms with Crippen LogP contribution in [0.5, 0.6) is 0 Å². The molecule has 1 fully saturated rings. The van der Waals surface area contributed by atoms with Crippen molar-refractivity contribution in [3.8, 4) is 0 Å². The van der Waals surface area contributed by atoms with Crippen LogP contribution >= 0.6 is 11.6 Å². The minimum Gasteiger partial charge on any atom is -0.379 e. The van der Waals surface area contributed by atoms with Crippen molar-refractivity contribution in [1.29, 1.82) is 0 Å². The second-order valence-electron chi connectivity index (χ2n) is 7.32. The summed E-state index contributed by atoms with van der Waals surface area (Å²) in [6, 6.07) is 11.3. The predicted octanol–water partition coefficient (Wildman–Crippen LogP) is 2.77. The van der Waals surface area contributed by atoms with E-state index in [0.29, 0.717) is 23.7 Å². The van der Waals surface area contributed by atoms with Gasteiger partial charge in [-0.15, -0.1) is 0 Å². The van der Waals surface area contributed by atoms with Gasteiger partial charge in [-0.2, -0.15) is 0 Å². The zero-order valence-electron chi connectivity index (χ0n) is 16.2. The Morgan fingerprint density at radius 3 is 2.76 bits per heavy atom. The highest BCUT2D eigenvalue weighted by atomic mass is 35.5. The first kappa shape index (κ1) is 19.7. The lowest BCUT2D eigenvalue weighted by molar-refractivity contribution is -0.141. The van der Waals surface area contributed by atoms with Crippen molar-refractivity contribution < 1.29 is 14.4 Å². The van der Waals surface area contributed by atoms with Gasteiger partial charge in [0, 0.05) is 42.8 Å². The highest BCUT2D eigenvalue weighted by molar-refractivity contribution is 6.34. The number of rotatable bonds is 5. The van der Waals surface area contributed by atoms with Crippen LogP contribution in [0.2, 0.25) is 5.02 Å². The molecule has 0 unspecified atom stereocenters. The summed E-state index contributed by atoms with van der Waals surface area (Å²) in [4.78, 5) is 24.9. The fourth-order valence-electron chi connectivity index (χ4n) is 3.37. The van der Waals surface area contributed by atoms with Crippen molar-refractivity contribution in [3.63, 3.8) is 0 Å². The van der Waals surface area contributed by atoms with E-state index in [-0.39, 0.29) is 5.91 Å². The first-order chi connectivity index (χ1) is 14.0.